The van der Waals surface area contributed by atoms with E-state index in [1.165, 1.54) is 30.3 Å². The summed E-state index contributed by atoms with van der Waals surface area (Å²) in [6.45, 7) is 0. The third-order valence-electron chi connectivity index (χ3n) is 2.29. The molecule has 0 saturated heterocycles. The van der Waals surface area contributed by atoms with E-state index in [-0.39, 0.29) is 28.2 Å². The first-order chi connectivity index (χ1) is 9.51. The summed E-state index contributed by atoms with van der Waals surface area (Å²) >= 11 is 11.6. The molecule has 0 bridgehead atoms. The third kappa shape index (κ3) is 3.08. The van der Waals surface area contributed by atoms with Gasteiger partial charge in [0.15, 0.2) is 0 Å². The number of nitrogen functional groups attached to an aromatic ring is 1. The molecule has 1 aromatic heterocycles. The fourth-order valence-electron chi connectivity index (χ4n) is 1.38. The molecular weight excluding hydrogens is 307 g/mol. The third-order valence-corrected chi connectivity index (χ3v) is 3.03. The molecule has 0 amide bonds. The van der Waals surface area contributed by atoms with Crippen LogP contribution in [0.5, 0.6) is 11.6 Å². The van der Waals surface area contributed by atoms with Crippen molar-refractivity contribution in [3.05, 3.63) is 50.5 Å². The molecule has 3 N–H and O–H groups in total. The normalized spacial score (nSPS) is 10.2. The number of hydrogen-bond acceptors (Lipinski definition) is 6. The van der Waals surface area contributed by atoms with Crippen molar-refractivity contribution < 1.29 is 9.66 Å². The highest BCUT2D eigenvalue weighted by atomic mass is 35.5. The number of pyridine rings is 1. The fourth-order valence-corrected chi connectivity index (χ4v) is 1.67. The van der Waals surface area contributed by atoms with Gasteiger partial charge in [-0.15, -0.1) is 0 Å². The summed E-state index contributed by atoms with van der Waals surface area (Å²) in [6.07, 6.45) is 0. The fraction of sp³-hybridized carbons (Fsp3) is 0. The average molecular weight is 315 g/mol. The first kappa shape index (κ1) is 14.3. The summed E-state index contributed by atoms with van der Waals surface area (Å²) in [5.74, 6) is 5.50. The highest BCUT2D eigenvalue weighted by Crippen LogP contribution is 2.33. The maximum Gasteiger partial charge on any atom is 0.331 e. The van der Waals surface area contributed by atoms with Gasteiger partial charge < -0.3 is 10.2 Å². The molecule has 0 aliphatic rings. The van der Waals surface area contributed by atoms with Crippen LogP contribution in [0.3, 0.4) is 0 Å². The Kier molecular flexibility index (Phi) is 4.23. The Hall–Kier alpha value is -2.09. The monoisotopic (exact) mass is 314 g/mol. The van der Waals surface area contributed by atoms with E-state index in [0.717, 1.165) is 0 Å². The smallest absolute Gasteiger partial charge is 0.331 e. The molecule has 0 radical (unpaired) electrons. The standard InChI is InChI=1S/C11H8Cl2N4O3/c12-7-2-1-6(5-8(7)13)20-11-9(17(18)19)3-4-10(15-11)16-14/h1-5H,14H2,(H,15,16). The van der Waals surface area contributed by atoms with Gasteiger partial charge in [-0.1, -0.05) is 23.2 Å². The molecule has 0 spiro atoms. The van der Waals surface area contributed by atoms with Crippen LogP contribution in [-0.2, 0) is 0 Å². The number of nitro groups is 1. The van der Waals surface area contributed by atoms with Gasteiger partial charge in [0.05, 0.1) is 15.0 Å². The second kappa shape index (κ2) is 5.91. The van der Waals surface area contributed by atoms with Crippen LogP contribution in [0, 0.1) is 10.1 Å². The van der Waals surface area contributed by atoms with Crippen LogP contribution >= 0.6 is 23.2 Å². The lowest BCUT2D eigenvalue weighted by molar-refractivity contribution is -0.386. The Morgan fingerprint density at radius 1 is 1.25 bits per heavy atom. The molecule has 1 heterocycles. The molecular formula is C11H8Cl2N4O3. The Bertz CT molecular complexity index is 666. The minimum atomic E-state index is -0.611. The minimum absolute atomic E-state index is 0.205. The van der Waals surface area contributed by atoms with Crippen molar-refractivity contribution in [1.82, 2.24) is 4.98 Å². The van der Waals surface area contributed by atoms with Gasteiger partial charge in [0.2, 0.25) is 0 Å². The van der Waals surface area contributed by atoms with Gasteiger partial charge in [0.1, 0.15) is 11.6 Å². The Morgan fingerprint density at radius 3 is 2.60 bits per heavy atom. The van der Waals surface area contributed by atoms with Crippen LogP contribution in [0.1, 0.15) is 0 Å². The molecule has 2 rings (SSSR count). The molecule has 20 heavy (non-hydrogen) atoms. The van der Waals surface area contributed by atoms with Crippen molar-refractivity contribution in [2.75, 3.05) is 5.43 Å². The molecule has 0 aliphatic carbocycles. The number of rotatable bonds is 4. The predicted octanol–water partition coefficient (Wildman–Crippen LogP) is 3.37. The molecule has 0 saturated carbocycles. The molecule has 0 aliphatic heterocycles. The van der Waals surface area contributed by atoms with Crippen LogP contribution in [0.15, 0.2) is 30.3 Å². The van der Waals surface area contributed by atoms with Crippen LogP contribution in [-0.4, -0.2) is 9.91 Å². The van der Waals surface area contributed by atoms with Gasteiger partial charge in [-0.05, 0) is 18.2 Å². The second-order valence-electron chi connectivity index (χ2n) is 3.60. The number of hydrazine groups is 1. The second-order valence-corrected chi connectivity index (χ2v) is 4.41. The summed E-state index contributed by atoms with van der Waals surface area (Å²) in [5, 5.41) is 11.5. The minimum Gasteiger partial charge on any atom is -0.434 e. The van der Waals surface area contributed by atoms with E-state index >= 15 is 0 Å². The van der Waals surface area contributed by atoms with Crippen molar-refractivity contribution in [3.8, 4) is 11.6 Å². The highest BCUT2D eigenvalue weighted by molar-refractivity contribution is 6.42. The average Bonchev–Trinajstić information content (AvgIpc) is 2.42. The number of benzene rings is 1. The van der Waals surface area contributed by atoms with E-state index in [1.807, 2.05) is 0 Å². The molecule has 7 nitrogen and oxygen atoms in total. The van der Waals surface area contributed by atoms with E-state index in [4.69, 9.17) is 33.8 Å². The summed E-state index contributed by atoms with van der Waals surface area (Å²) in [7, 11) is 0. The Labute approximate surface area is 123 Å². The molecule has 9 heteroatoms. The van der Waals surface area contributed by atoms with Crippen molar-refractivity contribution in [2.24, 2.45) is 5.84 Å². The summed E-state index contributed by atoms with van der Waals surface area (Å²) in [4.78, 5) is 14.2. The number of nitrogens with zero attached hydrogens (tertiary/aromatic N) is 2. The zero-order chi connectivity index (χ0) is 14.7. The van der Waals surface area contributed by atoms with Crippen LogP contribution in [0.25, 0.3) is 0 Å². The van der Waals surface area contributed by atoms with E-state index in [0.29, 0.717) is 5.02 Å². The van der Waals surface area contributed by atoms with Crippen molar-refractivity contribution in [2.45, 2.75) is 0 Å². The topological polar surface area (TPSA) is 103 Å². The Balaban J connectivity index is 2.40. The molecule has 0 atom stereocenters. The van der Waals surface area contributed by atoms with Crippen LogP contribution in [0.2, 0.25) is 10.0 Å². The molecule has 1 aromatic carbocycles. The van der Waals surface area contributed by atoms with E-state index < -0.39 is 4.92 Å². The Morgan fingerprint density at radius 2 is 2.00 bits per heavy atom. The number of anilines is 1. The first-order valence-electron chi connectivity index (χ1n) is 5.26. The van der Waals surface area contributed by atoms with Gasteiger partial charge in [0, 0.05) is 12.1 Å². The first-order valence-corrected chi connectivity index (χ1v) is 6.02. The maximum atomic E-state index is 10.9. The van der Waals surface area contributed by atoms with Gasteiger partial charge in [-0.3, -0.25) is 10.1 Å². The lowest BCUT2D eigenvalue weighted by atomic mass is 10.3. The van der Waals surface area contributed by atoms with Crippen molar-refractivity contribution >= 4 is 34.7 Å². The summed E-state index contributed by atoms with van der Waals surface area (Å²) < 4.78 is 5.36. The molecule has 0 unspecified atom stereocenters. The SMILES string of the molecule is NNc1ccc([N+](=O)[O-])c(Oc2ccc(Cl)c(Cl)c2)n1. The lowest BCUT2D eigenvalue weighted by Gasteiger charge is -2.07. The quantitative estimate of drug-likeness (QED) is 0.509. The predicted molar refractivity (Wildman–Crippen MR) is 75.2 cm³/mol. The van der Waals surface area contributed by atoms with E-state index in [2.05, 4.69) is 10.4 Å². The number of halogens is 2. The number of nitrogens with two attached hydrogens (primary N) is 1. The van der Waals surface area contributed by atoms with Crippen molar-refractivity contribution in [1.29, 1.82) is 0 Å². The summed E-state index contributed by atoms with van der Waals surface area (Å²) in [5.41, 5.74) is 1.98. The largest absolute Gasteiger partial charge is 0.434 e. The van der Waals surface area contributed by atoms with E-state index in [9.17, 15) is 10.1 Å². The number of aromatic nitrogens is 1. The number of hydrogen-bond donors (Lipinski definition) is 2. The van der Waals surface area contributed by atoms with Gasteiger partial charge >= 0.3 is 11.6 Å². The van der Waals surface area contributed by atoms with Gasteiger partial charge in [-0.2, -0.15) is 4.98 Å². The maximum absolute atomic E-state index is 10.9. The van der Waals surface area contributed by atoms with Crippen molar-refractivity contribution in [3.63, 3.8) is 0 Å². The molecule has 2 aromatic rings. The van der Waals surface area contributed by atoms with Gasteiger partial charge in [0.25, 0.3) is 0 Å². The van der Waals surface area contributed by atoms with Crippen LogP contribution in [0.4, 0.5) is 11.5 Å². The van der Waals surface area contributed by atoms with E-state index in [1.54, 1.807) is 0 Å². The molecule has 104 valence electrons. The summed E-state index contributed by atoms with van der Waals surface area (Å²) in [6, 6.07) is 7.05. The lowest BCUT2D eigenvalue weighted by Crippen LogP contribution is -2.09. The number of ether oxygens (including phenoxy) is 1. The highest BCUT2D eigenvalue weighted by Gasteiger charge is 2.18. The zero-order valence-electron chi connectivity index (χ0n) is 9.84. The van der Waals surface area contributed by atoms with Gasteiger partial charge in [-0.25, -0.2) is 5.84 Å². The van der Waals surface area contributed by atoms with Crippen LogP contribution < -0.4 is 16.0 Å². The zero-order valence-corrected chi connectivity index (χ0v) is 11.4. The number of nitrogens with one attached hydrogen (secondary N) is 1. The molecule has 0 fully saturated rings.